The molecule has 0 aliphatic rings. The van der Waals surface area contributed by atoms with Crippen molar-refractivity contribution in [1.29, 1.82) is 0 Å². The molecule has 1 aromatic rings. The number of halogens is 3. The molecular weight excluding hydrogens is 252 g/mol. The van der Waals surface area contributed by atoms with Gasteiger partial charge in [0, 0.05) is 5.56 Å². The smallest absolute Gasteiger partial charge is 0.265 e. The Kier molecular flexibility index (Phi) is 3.12. The van der Waals surface area contributed by atoms with Crippen LogP contribution < -0.4 is 10.9 Å². The minimum atomic E-state index is -4.36. The molecule has 0 aromatic carbocycles. The number of hydrogen-bond donors (Lipinski definition) is 2. The first kappa shape index (κ1) is 12.1. The van der Waals surface area contributed by atoms with Gasteiger partial charge in [0.2, 0.25) is 10.0 Å². The fourth-order valence-corrected chi connectivity index (χ4v) is 2.27. The number of nitrogens with two attached hydrogens (primary N) is 2. The lowest BCUT2D eigenvalue weighted by molar-refractivity contribution is 0.148. The van der Waals surface area contributed by atoms with Crippen LogP contribution in [0.5, 0.6) is 0 Å². The molecule has 9 heteroatoms. The summed E-state index contributed by atoms with van der Waals surface area (Å²) in [4.78, 5) is 2.44. The molecule has 1 rings (SSSR count). The molecule has 0 spiro atoms. The fraction of sp³-hybridized carbons (Fsp3) is 0.167. The van der Waals surface area contributed by atoms with E-state index in [0.29, 0.717) is 0 Å². The first-order valence-corrected chi connectivity index (χ1v) is 5.42. The average Bonchev–Trinajstić information content (AvgIpc) is 1.99. The lowest BCUT2D eigenvalue weighted by Crippen LogP contribution is -2.16. The Balaban J connectivity index is 3.62. The van der Waals surface area contributed by atoms with E-state index in [-0.39, 0.29) is 5.82 Å². The third-order valence-corrected chi connectivity index (χ3v) is 2.88. The standard InChI is InChI=1S/C6H6ClF2N3O2S/c7-5-4(15(11,13)14)2(6(8)9)1-3(10)12-5/h1,6H,(H2,10,12)(H2,11,13,14). The largest absolute Gasteiger partial charge is 0.384 e. The maximum atomic E-state index is 12.5. The number of alkyl halides is 2. The number of rotatable bonds is 2. The number of sulfonamides is 1. The summed E-state index contributed by atoms with van der Waals surface area (Å²) < 4.78 is 46.9. The molecule has 4 N–H and O–H groups in total. The molecule has 0 unspecified atom stereocenters. The van der Waals surface area contributed by atoms with Crippen LogP contribution in [0.4, 0.5) is 14.6 Å². The summed E-state index contributed by atoms with van der Waals surface area (Å²) in [5, 5.41) is 4.06. The van der Waals surface area contributed by atoms with Crippen molar-refractivity contribution in [2.24, 2.45) is 5.14 Å². The third-order valence-electron chi connectivity index (χ3n) is 1.50. The summed E-state index contributed by atoms with van der Waals surface area (Å²) in [5.74, 6) is -0.303. The first-order valence-electron chi connectivity index (χ1n) is 3.50. The number of hydrogen-bond acceptors (Lipinski definition) is 4. The van der Waals surface area contributed by atoms with Gasteiger partial charge in [0.15, 0.2) is 5.15 Å². The molecule has 0 saturated carbocycles. The summed E-state index contributed by atoms with van der Waals surface area (Å²) >= 11 is 5.38. The van der Waals surface area contributed by atoms with Gasteiger partial charge in [-0.15, -0.1) is 0 Å². The van der Waals surface area contributed by atoms with Gasteiger partial charge in [-0.3, -0.25) is 0 Å². The zero-order valence-electron chi connectivity index (χ0n) is 7.12. The van der Waals surface area contributed by atoms with Crippen LogP contribution in [0.1, 0.15) is 12.0 Å². The third kappa shape index (κ3) is 2.52. The van der Waals surface area contributed by atoms with E-state index in [1.165, 1.54) is 0 Å². The number of anilines is 1. The van der Waals surface area contributed by atoms with E-state index in [9.17, 15) is 17.2 Å². The van der Waals surface area contributed by atoms with Crippen molar-refractivity contribution in [3.8, 4) is 0 Å². The minimum Gasteiger partial charge on any atom is -0.384 e. The van der Waals surface area contributed by atoms with E-state index >= 15 is 0 Å². The van der Waals surface area contributed by atoms with Crippen LogP contribution >= 0.6 is 11.6 Å². The highest BCUT2D eigenvalue weighted by atomic mass is 35.5. The second-order valence-corrected chi connectivity index (χ2v) is 4.46. The Morgan fingerprint density at radius 3 is 2.40 bits per heavy atom. The summed E-state index contributed by atoms with van der Waals surface area (Å²) in [6, 6.07) is 0.719. The number of nitrogens with zero attached hydrogens (tertiary/aromatic N) is 1. The van der Waals surface area contributed by atoms with Crippen LogP contribution in [-0.2, 0) is 10.0 Å². The highest BCUT2D eigenvalue weighted by Crippen LogP contribution is 2.31. The van der Waals surface area contributed by atoms with Crippen LogP contribution in [0, 0.1) is 0 Å². The van der Waals surface area contributed by atoms with Gasteiger partial charge in [-0.2, -0.15) is 0 Å². The predicted molar refractivity (Wildman–Crippen MR) is 50.0 cm³/mol. The summed E-state index contributed by atoms with van der Waals surface area (Å²) in [6.07, 6.45) is -3.05. The van der Waals surface area contributed by atoms with E-state index in [1.807, 2.05) is 0 Å². The van der Waals surface area contributed by atoms with E-state index in [0.717, 1.165) is 6.07 Å². The van der Waals surface area contributed by atoms with Crippen LogP contribution in [0.2, 0.25) is 5.15 Å². The zero-order valence-corrected chi connectivity index (χ0v) is 8.69. The average molecular weight is 258 g/mol. The van der Waals surface area contributed by atoms with Gasteiger partial charge in [-0.1, -0.05) is 11.6 Å². The Labute approximate surface area is 89.1 Å². The van der Waals surface area contributed by atoms with Gasteiger partial charge in [0.05, 0.1) is 0 Å². The minimum absolute atomic E-state index is 0.303. The molecule has 15 heavy (non-hydrogen) atoms. The molecule has 1 heterocycles. The van der Waals surface area contributed by atoms with Gasteiger partial charge in [-0.25, -0.2) is 27.3 Å². The van der Waals surface area contributed by atoms with Gasteiger partial charge < -0.3 is 5.73 Å². The number of nitrogen functional groups attached to an aromatic ring is 1. The predicted octanol–water partition coefficient (Wildman–Crippen LogP) is 0.902. The maximum Gasteiger partial charge on any atom is 0.265 e. The van der Waals surface area contributed by atoms with Crippen molar-refractivity contribution in [3.05, 3.63) is 16.8 Å². The van der Waals surface area contributed by atoms with Crippen molar-refractivity contribution in [3.63, 3.8) is 0 Å². The zero-order chi connectivity index (χ0) is 11.8. The van der Waals surface area contributed by atoms with Crippen LogP contribution in [0.15, 0.2) is 11.0 Å². The van der Waals surface area contributed by atoms with Crippen molar-refractivity contribution >= 4 is 27.4 Å². The SMILES string of the molecule is Nc1cc(C(F)F)c(S(N)(=O)=O)c(Cl)n1. The van der Waals surface area contributed by atoms with E-state index in [2.05, 4.69) is 4.98 Å². The fourth-order valence-electron chi connectivity index (χ4n) is 0.984. The van der Waals surface area contributed by atoms with Crippen LogP contribution in [-0.4, -0.2) is 13.4 Å². The quantitative estimate of drug-likeness (QED) is 0.769. The van der Waals surface area contributed by atoms with Crippen LogP contribution in [0.3, 0.4) is 0 Å². The lowest BCUT2D eigenvalue weighted by atomic mass is 10.3. The van der Waals surface area contributed by atoms with Gasteiger partial charge >= 0.3 is 0 Å². The molecule has 1 aromatic heterocycles. The summed E-state index contributed by atoms with van der Waals surface area (Å²) in [7, 11) is -4.36. The molecule has 0 aliphatic heterocycles. The van der Waals surface area contributed by atoms with Gasteiger partial charge in [-0.05, 0) is 6.07 Å². The lowest BCUT2D eigenvalue weighted by Gasteiger charge is -2.08. The van der Waals surface area contributed by atoms with Crippen molar-refractivity contribution in [1.82, 2.24) is 4.98 Å². The molecule has 0 atom stereocenters. The van der Waals surface area contributed by atoms with Crippen LogP contribution in [0.25, 0.3) is 0 Å². The molecule has 5 nitrogen and oxygen atoms in total. The number of primary sulfonamides is 1. The second-order valence-electron chi connectivity index (χ2n) is 2.60. The van der Waals surface area contributed by atoms with E-state index < -0.39 is 32.1 Å². The molecule has 0 radical (unpaired) electrons. The van der Waals surface area contributed by atoms with Gasteiger partial charge in [0.1, 0.15) is 10.7 Å². The first-order chi connectivity index (χ1) is 6.73. The molecule has 0 fully saturated rings. The van der Waals surface area contributed by atoms with Gasteiger partial charge in [0.25, 0.3) is 6.43 Å². The second kappa shape index (κ2) is 3.87. The molecule has 0 saturated heterocycles. The van der Waals surface area contributed by atoms with Crippen molar-refractivity contribution in [2.75, 3.05) is 5.73 Å². The Bertz CT molecular complexity index is 491. The monoisotopic (exact) mass is 257 g/mol. The highest BCUT2D eigenvalue weighted by Gasteiger charge is 2.25. The van der Waals surface area contributed by atoms with Crippen molar-refractivity contribution in [2.45, 2.75) is 11.3 Å². The van der Waals surface area contributed by atoms with Crippen molar-refractivity contribution < 1.29 is 17.2 Å². The van der Waals surface area contributed by atoms with E-state index in [1.54, 1.807) is 0 Å². The molecule has 0 amide bonds. The summed E-state index contributed by atoms with van der Waals surface area (Å²) in [6.45, 7) is 0. The topological polar surface area (TPSA) is 99.1 Å². The normalized spacial score (nSPS) is 12.1. The number of aromatic nitrogens is 1. The Morgan fingerprint density at radius 2 is 2.00 bits per heavy atom. The molecule has 0 bridgehead atoms. The molecule has 84 valence electrons. The summed E-state index contributed by atoms with van der Waals surface area (Å²) in [5.41, 5.74) is 4.29. The van der Waals surface area contributed by atoms with E-state index in [4.69, 9.17) is 22.5 Å². The Morgan fingerprint density at radius 1 is 1.47 bits per heavy atom. The molecular formula is C6H6ClF2N3O2S. The highest BCUT2D eigenvalue weighted by molar-refractivity contribution is 7.89. The molecule has 0 aliphatic carbocycles. The number of pyridine rings is 1. The Hall–Kier alpha value is -0.990. The maximum absolute atomic E-state index is 12.5.